The lowest BCUT2D eigenvalue weighted by atomic mass is 9.89. The van der Waals surface area contributed by atoms with Gasteiger partial charge < -0.3 is 10.4 Å². The maximum Gasteiger partial charge on any atom is 0.230 e. The zero-order chi connectivity index (χ0) is 10.5. The van der Waals surface area contributed by atoms with Crippen molar-refractivity contribution in [3.05, 3.63) is 0 Å². The highest BCUT2D eigenvalue weighted by molar-refractivity contribution is 9.09. The average Bonchev–Trinajstić information content (AvgIpc) is 1.97. The fourth-order valence-corrected chi connectivity index (χ4v) is 1.26. The summed E-state index contributed by atoms with van der Waals surface area (Å²) in [5.41, 5.74) is 0.0958. The SMILES string of the molecule is CC(C)(C)CC(O)CNC(=O)CBr. The fraction of sp³-hybridized carbons (Fsp3) is 0.889. The van der Waals surface area contributed by atoms with Crippen LogP contribution in [0.1, 0.15) is 27.2 Å². The molecule has 0 saturated heterocycles. The van der Waals surface area contributed by atoms with Gasteiger partial charge in [0.15, 0.2) is 0 Å². The summed E-state index contributed by atoms with van der Waals surface area (Å²) in [6.45, 7) is 6.51. The molecule has 0 aliphatic rings. The van der Waals surface area contributed by atoms with Crippen LogP contribution in [-0.2, 0) is 4.79 Å². The lowest BCUT2D eigenvalue weighted by molar-refractivity contribution is -0.119. The van der Waals surface area contributed by atoms with Gasteiger partial charge in [0.2, 0.25) is 5.91 Å². The van der Waals surface area contributed by atoms with Crippen LogP contribution in [0.5, 0.6) is 0 Å². The number of hydrogen-bond acceptors (Lipinski definition) is 2. The number of nitrogens with one attached hydrogen (secondary N) is 1. The lowest BCUT2D eigenvalue weighted by Crippen LogP contribution is -2.34. The van der Waals surface area contributed by atoms with Crippen molar-refractivity contribution in [2.24, 2.45) is 5.41 Å². The normalized spacial score (nSPS) is 13.9. The molecule has 1 atom stereocenters. The van der Waals surface area contributed by atoms with E-state index in [2.05, 4.69) is 42.0 Å². The van der Waals surface area contributed by atoms with E-state index in [0.717, 1.165) is 0 Å². The summed E-state index contributed by atoms with van der Waals surface area (Å²) in [5, 5.41) is 12.4. The number of carbonyl (C=O) groups excluding carboxylic acids is 1. The van der Waals surface area contributed by atoms with Gasteiger partial charge in [-0.05, 0) is 11.8 Å². The maximum absolute atomic E-state index is 10.8. The highest BCUT2D eigenvalue weighted by atomic mass is 79.9. The number of rotatable bonds is 4. The van der Waals surface area contributed by atoms with Crippen molar-refractivity contribution in [1.29, 1.82) is 0 Å². The molecule has 4 heteroatoms. The molecular formula is C9H18BrNO2. The number of aliphatic hydroxyl groups is 1. The van der Waals surface area contributed by atoms with Gasteiger partial charge in [-0.25, -0.2) is 0 Å². The predicted octanol–water partition coefficient (Wildman–Crippen LogP) is 1.29. The Balaban J connectivity index is 3.63. The predicted molar refractivity (Wildman–Crippen MR) is 56.9 cm³/mol. The van der Waals surface area contributed by atoms with Gasteiger partial charge in [0, 0.05) is 6.54 Å². The zero-order valence-corrected chi connectivity index (χ0v) is 10.0. The highest BCUT2D eigenvalue weighted by Crippen LogP contribution is 2.20. The van der Waals surface area contributed by atoms with Gasteiger partial charge in [-0.2, -0.15) is 0 Å². The van der Waals surface area contributed by atoms with Gasteiger partial charge >= 0.3 is 0 Å². The first-order valence-electron chi connectivity index (χ1n) is 4.36. The van der Waals surface area contributed by atoms with E-state index in [1.165, 1.54) is 0 Å². The van der Waals surface area contributed by atoms with Crippen LogP contribution in [0, 0.1) is 5.41 Å². The van der Waals surface area contributed by atoms with Gasteiger partial charge in [-0.15, -0.1) is 0 Å². The molecule has 0 saturated carbocycles. The van der Waals surface area contributed by atoms with Crippen LogP contribution in [0.3, 0.4) is 0 Å². The molecule has 0 aromatic rings. The van der Waals surface area contributed by atoms with Crippen molar-refractivity contribution in [2.45, 2.75) is 33.3 Å². The summed E-state index contributed by atoms with van der Waals surface area (Å²) < 4.78 is 0. The van der Waals surface area contributed by atoms with Crippen molar-refractivity contribution in [3.8, 4) is 0 Å². The van der Waals surface area contributed by atoms with Crippen LogP contribution in [-0.4, -0.2) is 29.0 Å². The van der Waals surface area contributed by atoms with Crippen molar-refractivity contribution in [2.75, 3.05) is 11.9 Å². The number of aliphatic hydroxyl groups excluding tert-OH is 1. The zero-order valence-electron chi connectivity index (χ0n) is 8.43. The van der Waals surface area contributed by atoms with Crippen LogP contribution < -0.4 is 5.32 Å². The Bertz CT molecular complexity index is 165. The summed E-state index contributed by atoms with van der Waals surface area (Å²) in [5.74, 6) is -0.0899. The summed E-state index contributed by atoms with van der Waals surface area (Å²) in [4.78, 5) is 10.8. The summed E-state index contributed by atoms with van der Waals surface area (Å²) in [6.07, 6.45) is 0.234. The molecule has 0 fully saturated rings. The molecule has 1 amide bonds. The number of amides is 1. The quantitative estimate of drug-likeness (QED) is 0.741. The van der Waals surface area contributed by atoms with Crippen molar-refractivity contribution < 1.29 is 9.90 Å². The Morgan fingerprint density at radius 1 is 1.54 bits per heavy atom. The third-order valence-electron chi connectivity index (χ3n) is 1.50. The van der Waals surface area contributed by atoms with Crippen LogP contribution >= 0.6 is 15.9 Å². The number of alkyl halides is 1. The van der Waals surface area contributed by atoms with Gasteiger partial charge in [0.25, 0.3) is 0 Å². The summed E-state index contributed by atoms with van der Waals surface area (Å²) in [7, 11) is 0. The van der Waals surface area contributed by atoms with Crippen LogP contribution in [0.4, 0.5) is 0 Å². The second-order valence-corrected chi connectivity index (χ2v) is 4.92. The van der Waals surface area contributed by atoms with E-state index in [0.29, 0.717) is 13.0 Å². The topological polar surface area (TPSA) is 49.3 Å². The van der Waals surface area contributed by atoms with E-state index in [-0.39, 0.29) is 16.7 Å². The molecule has 78 valence electrons. The van der Waals surface area contributed by atoms with Crippen molar-refractivity contribution >= 4 is 21.8 Å². The van der Waals surface area contributed by atoms with E-state index >= 15 is 0 Å². The summed E-state index contributed by atoms with van der Waals surface area (Å²) in [6, 6.07) is 0. The van der Waals surface area contributed by atoms with Gasteiger partial charge in [0.05, 0.1) is 11.4 Å². The first kappa shape index (κ1) is 12.9. The standard InChI is InChI=1S/C9H18BrNO2/c1-9(2,3)4-7(12)6-11-8(13)5-10/h7,12H,4-6H2,1-3H3,(H,11,13). The van der Waals surface area contributed by atoms with E-state index in [1.54, 1.807) is 0 Å². The minimum absolute atomic E-state index is 0.0899. The third-order valence-corrected chi connectivity index (χ3v) is 2.01. The Hall–Kier alpha value is -0.0900. The second kappa shape index (κ2) is 5.60. The summed E-state index contributed by atoms with van der Waals surface area (Å²) >= 11 is 3.03. The molecule has 0 aliphatic carbocycles. The molecule has 0 aromatic carbocycles. The Kier molecular flexibility index (Phi) is 5.56. The molecule has 1 unspecified atom stereocenters. The molecule has 0 rings (SSSR count). The first-order valence-corrected chi connectivity index (χ1v) is 5.48. The number of carbonyl (C=O) groups is 1. The van der Waals surface area contributed by atoms with E-state index < -0.39 is 6.10 Å². The molecule has 0 aromatic heterocycles. The molecule has 0 bridgehead atoms. The van der Waals surface area contributed by atoms with Gasteiger partial charge in [-0.1, -0.05) is 36.7 Å². The minimum Gasteiger partial charge on any atom is -0.391 e. The van der Waals surface area contributed by atoms with E-state index in [1.807, 2.05) is 0 Å². The number of hydrogen-bond donors (Lipinski definition) is 2. The molecule has 0 radical (unpaired) electrons. The maximum atomic E-state index is 10.8. The highest BCUT2D eigenvalue weighted by Gasteiger charge is 2.16. The van der Waals surface area contributed by atoms with E-state index in [9.17, 15) is 9.90 Å². The Morgan fingerprint density at radius 3 is 2.46 bits per heavy atom. The third kappa shape index (κ3) is 8.25. The average molecular weight is 252 g/mol. The van der Waals surface area contributed by atoms with Gasteiger partial charge in [-0.3, -0.25) is 4.79 Å². The molecule has 13 heavy (non-hydrogen) atoms. The molecule has 2 N–H and O–H groups in total. The van der Waals surface area contributed by atoms with Crippen molar-refractivity contribution in [1.82, 2.24) is 5.32 Å². The number of halogens is 1. The van der Waals surface area contributed by atoms with Gasteiger partial charge in [0.1, 0.15) is 0 Å². The van der Waals surface area contributed by atoms with Crippen molar-refractivity contribution in [3.63, 3.8) is 0 Å². The van der Waals surface area contributed by atoms with E-state index in [4.69, 9.17) is 0 Å². The molecular weight excluding hydrogens is 234 g/mol. The minimum atomic E-state index is -0.456. The Labute approximate surface area is 88.0 Å². The fourth-order valence-electron chi connectivity index (χ4n) is 1.06. The molecule has 0 aliphatic heterocycles. The second-order valence-electron chi connectivity index (χ2n) is 4.36. The largest absolute Gasteiger partial charge is 0.391 e. The smallest absolute Gasteiger partial charge is 0.230 e. The van der Waals surface area contributed by atoms with Crippen LogP contribution in [0.2, 0.25) is 0 Å². The Morgan fingerprint density at radius 2 is 2.08 bits per heavy atom. The molecule has 0 spiro atoms. The lowest BCUT2D eigenvalue weighted by Gasteiger charge is -2.22. The van der Waals surface area contributed by atoms with Crippen LogP contribution in [0.15, 0.2) is 0 Å². The first-order chi connectivity index (χ1) is 5.85. The molecule has 0 heterocycles. The molecule has 3 nitrogen and oxygen atoms in total. The van der Waals surface area contributed by atoms with Crippen LogP contribution in [0.25, 0.3) is 0 Å². The monoisotopic (exact) mass is 251 g/mol.